The van der Waals surface area contributed by atoms with E-state index in [1.165, 1.54) is 17.0 Å². The number of benzene rings is 2. The van der Waals surface area contributed by atoms with Gasteiger partial charge in [0.25, 0.3) is 5.91 Å². The molecule has 128 valence electrons. The highest BCUT2D eigenvalue weighted by Crippen LogP contribution is 2.37. The Labute approximate surface area is 144 Å². The fourth-order valence-electron chi connectivity index (χ4n) is 3.80. The number of nitrogens with one attached hydrogen (secondary N) is 1. The molecule has 2 aliphatic rings. The third-order valence-corrected chi connectivity index (χ3v) is 5.11. The van der Waals surface area contributed by atoms with Gasteiger partial charge in [0.1, 0.15) is 5.82 Å². The molecule has 2 aromatic rings. The number of amides is 2. The maximum atomic E-state index is 13.1. The summed E-state index contributed by atoms with van der Waals surface area (Å²) < 4.78 is 13.1. The van der Waals surface area contributed by atoms with Gasteiger partial charge in [-0.1, -0.05) is 24.3 Å². The van der Waals surface area contributed by atoms with Crippen molar-refractivity contribution in [1.82, 2.24) is 10.2 Å². The molecule has 0 bridgehead atoms. The number of carbonyl (C=O) groups is 2. The summed E-state index contributed by atoms with van der Waals surface area (Å²) in [7, 11) is 0. The standard InChI is InChI=1S/C19H17FN2O3/c20-14-4-1-11(2-5-14)12-3-6-15-16(7-12)18(23)21-8-13-9-22(19(24)25)10-17(13)15/h1-7,13,17H,8-10H2,(H,21,23)(H,24,25)/t13-,17-/m1/s1. The van der Waals surface area contributed by atoms with E-state index in [0.29, 0.717) is 25.2 Å². The average Bonchev–Trinajstić information content (AvgIpc) is 2.99. The van der Waals surface area contributed by atoms with Gasteiger partial charge < -0.3 is 15.3 Å². The summed E-state index contributed by atoms with van der Waals surface area (Å²) in [6.07, 6.45) is -0.927. The normalized spacial score (nSPS) is 22.0. The van der Waals surface area contributed by atoms with Crippen molar-refractivity contribution in [3.8, 4) is 11.1 Å². The summed E-state index contributed by atoms with van der Waals surface area (Å²) in [5.74, 6) is -0.362. The van der Waals surface area contributed by atoms with Gasteiger partial charge in [-0.2, -0.15) is 0 Å². The number of carbonyl (C=O) groups excluding carboxylic acids is 1. The lowest BCUT2D eigenvalue weighted by Gasteiger charge is -2.16. The van der Waals surface area contributed by atoms with Crippen molar-refractivity contribution in [2.75, 3.05) is 19.6 Å². The lowest BCUT2D eigenvalue weighted by molar-refractivity contribution is 0.0951. The first-order valence-corrected chi connectivity index (χ1v) is 8.19. The lowest BCUT2D eigenvalue weighted by Crippen LogP contribution is -2.31. The number of nitrogens with zero attached hydrogens (tertiary/aromatic N) is 1. The zero-order valence-electron chi connectivity index (χ0n) is 13.4. The molecule has 0 aliphatic carbocycles. The molecule has 2 aromatic carbocycles. The average molecular weight is 340 g/mol. The third kappa shape index (κ3) is 2.73. The maximum absolute atomic E-state index is 13.1. The minimum Gasteiger partial charge on any atom is -0.465 e. The molecule has 0 unspecified atom stereocenters. The van der Waals surface area contributed by atoms with Crippen molar-refractivity contribution >= 4 is 12.0 Å². The van der Waals surface area contributed by atoms with Gasteiger partial charge >= 0.3 is 6.09 Å². The molecule has 0 spiro atoms. The van der Waals surface area contributed by atoms with Crippen molar-refractivity contribution in [3.05, 3.63) is 59.4 Å². The van der Waals surface area contributed by atoms with Crippen LogP contribution in [0.5, 0.6) is 0 Å². The van der Waals surface area contributed by atoms with Gasteiger partial charge in [-0.05, 0) is 34.9 Å². The Bertz CT molecular complexity index is 850. The van der Waals surface area contributed by atoms with Crippen molar-refractivity contribution < 1.29 is 19.1 Å². The number of halogens is 1. The minimum atomic E-state index is -0.927. The molecule has 0 radical (unpaired) electrons. The second-order valence-corrected chi connectivity index (χ2v) is 6.57. The van der Waals surface area contributed by atoms with E-state index >= 15 is 0 Å². The second-order valence-electron chi connectivity index (χ2n) is 6.57. The molecule has 2 aliphatic heterocycles. The van der Waals surface area contributed by atoms with Crippen LogP contribution in [0.1, 0.15) is 21.8 Å². The van der Waals surface area contributed by atoms with E-state index in [1.54, 1.807) is 12.1 Å². The van der Waals surface area contributed by atoms with E-state index in [0.717, 1.165) is 16.7 Å². The number of rotatable bonds is 1. The molecule has 1 saturated heterocycles. The predicted molar refractivity (Wildman–Crippen MR) is 90.0 cm³/mol. The van der Waals surface area contributed by atoms with Gasteiger partial charge in [0.2, 0.25) is 0 Å². The van der Waals surface area contributed by atoms with Gasteiger partial charge in [-0.15, -0.1) is 0 Å². The van der Waals surface area contributed by atoms with E-state index in [4.69, 9.17) is 0 Å². The van der Waals surface area contributed by atoms with E-state index in [1.807, 2.05) is 18.2 Å². The van der Waals surface area contributed by atoms with Crippen molar-refractivity contribution in [2.24, 2.45) is 5.92 Å². The Morgan fingerprint density at radius 1 is 1.12 bits per heavy atom. The molecule has 1 fully saturated rings. The molecule has 5 nitrogen and oxygen atoms in total. The summed E-state index contributed by atoms with van der Waals surface area (Å²) in [4.78, 5) is 25.2. The molecule has 2 amide bonds. The van der Waals surface area contributed by atoms with Gasteiger partial charge in [-0.25, -0.2) is 9.18 Å². The molecular weight excluding hydrogens is 323 g/mol. The fraction of sp³-hybridized carbons (Fsp3) is 0.263. The SMILES string of the molecule is O=C1NC[C@@H]2CN(C(=O)O)C[C@H]2c2ccc(-c3ccc(F)cc3)cc21. The number of hydrogen-bond acceptors (Lipinski definition) is 2. The summed E-state index contributed by atoms with van der Waals surface area (Å²) in [5.41, 5.74) is 3.12. The summed E-state index contributed by atoms with van der Waals surface area (Å²) in [6.45, 7) is 1.30. The Morgan fingerprint density at radius 2 is 1.84 bits per heavy atom. The molecular formula is C19H17FN2O3. The number of hydrogen-bond donors (Lipinski definition) is 2. The summed E-state index contributed by atoms with van der Waals surface area (Å²) in [5, 5.41) is 12.2. The van der Waals surface area contributed by atoms with Gasteiger partial charge in [0.05, 0.1) is 0 Å². The fourth-order valence-corrected chi connectivity index (χ4v) is 3.80. The first-order chi connectivity index (χ1) is 12.0. The quantitative estimate of drug-likeness (QED) is 0.839. The molecule has 25 heavy (non-hydrogen) atoms. The number of likely N-dealkylation sites (tertiary alicyclic amines) is 1. The Hall–Kier alpha value is -2.89. The van der Waals surface area contributed by atoms with Crippen LogP contribution in [0.3, 0.4) is 0 Å². The van der Waals surface area contributed by atoms with Crippen LogP contribution in [-0.2, 0) is 0 Å². The Morgan fingerprint density at radius 3 is 2.56 bits per heavy atom. The highest BCUT2D eigenvalue weighted by molar-refractivity contribution is 5.97. The Balaban J connectivity index is 1.74. The first kappa shape index (κ1) is 15.6. The topological polar surface area (TPSA) is 69.6 Å². The number of carboxylic acid groups (broad SMARTS) is 1. The van der Waals surface area contributed by atoms with Crippen LogP contribution < -0.4 is 5.32 Å². The van der Waals surface area contributed by atoms with E-state index in [9.17, 15) is 19.1 Å². The van der Waals surface area contributed by atoms with Crippen LogP contribution >= 0.6 is 0 Å². The largest absolute Gasteiger partial charge is 0.465 e. The van der Waals surface area contributed by atoms with Crippen LogP contribution in [0.2, 0.25) is 0 Å². The van der Waals surface area contributed by atoms with Crippen molar-refractivity contribution in [3.63, 3.8) is 0 Å². The van der Waals surface area contributed by atoms with Crippen LogP contribution in [0, 0.1) is 11.7 Å². The van der Waals surface area contributed by atoms with Crippen LogP contribution in [0.4, 0.5) is 9.18 Å². The monoisotopic (exact) mass is 340 g/mol. The summed E-state index contributed by atoms with van der Waals surface area (Å²) >= 11 is 0. The minimum absolute atomic E-state index is 0.00678. The molecule has 2 N–H and O–H groups in total. The molecule has 0 aromatic heterocycles. The maximum Gasteiger partial charge on any atom is 0.407 e. The van der Waals surface area contributed by atoms with Crippen LogP contribution in [-0.4, -0.2) is 41.6 Å². The second kappa shape index (κ2) is 5.88. The smallest absolute Gasteiger partial charge is 0.407 e. The lowest BCUT2D eigenvalue weighted by atomic mass is 9.86. The third-order valence-electron chi connectivity index (χ3n) is 5.11. The van der Waals surface area contributed by atoms with Gasteiger partial charge in [-0.3, -0.25) is 4.79 Å². The van der Waals surface area contributed by atoms with E-state index in [2.05, 4.69) is 5.32 Å². The van der Waals surface area contributed by atoms with Crippen LogP contribution in [0.25, 0.3) is 11.1 Å². The zero-order valence-corrected chi connectivity index (χ0v) is 13.4. The molecule has 2 heterocycles. The molecule has 2 atom stereocenters. The van der Waals surface area contributed by atoms with E-state index < -0.39 is 6.09 Å². The molecule has 4 rings (SSSR count). The van der Waals surface area contributed by atoms with Crippen LogP contribution in [0.15, 0.2) is 42.5 Å². The van der Waals surface area contributed by atoms with Gasteiger partial charge in [0.15, 0.2) is 0 Å². The Kier molecular flexibility index (Phi) is 3.67. The highest BCUT2D eigenvalue weighted by atomic mass is 19.1. The molecule has 6 heteroatoms. The van der Waals surface area contributed by atoms with E-state index in [-0.39, 0.29) is 23.6 Å². The van der Waals surface area contributed by atoms with Crippen molar-refractivity contribution in [2.45, 2.75) is 5.92 Å². The molecule has 0 saturated carbocycles. The van der Waals surface area contributed by atoms with Gasteiger partial charge in [0, 0.05) is 37.0 Å². The highest BCUT2D eigenvalue weighted by Gasteiger charge is 2.39. The zero-order chi connectivity index (χ0) is 17.6. The first-order valence-electron chi connectivity index (χ1n) is 8.19. The van der Waals surface area contributed by atoms with Crippen molar-refractivity contribution in [1.29, 1.82) is 0 Å². The summed E-state index contributed by atoms with van der Waals surface area (Å²) in [6, 6.07) is 11.8. The predicted octanol–water partition coefficient (Wildman–Crippen LogP) is 2.93. The number of fused-ring (bicyclic) bond motifs is 3.